The largest absolute Gasteiger partial charge is 0.409 e. The zero-order valence-corrected chi connectivity index (χ0v) is 12.1. The first kappa shape index (κ1) is 14.5. The maximum absolute atomic E-state index is 8.35. The summed E-state index contributed by atoms with van der Waals surface area (Å²) in [7, 11) is 0. The first-order valence-corrected chi connectivity index (χ1v) is 7.24. The fourth-order valence-corrected chi connectivity index (χ4v) is 2.91. The lowest BCUT2D eigenvalue weighted by molar-refractivity contribution is 0.316. The highest BCUT2D eigenvalue weighted by atomic mass is 79.9. The van der Waals surface area contributed by atoms with E-state index in [1.165, 1.54) is 8.66 Å². The van der Waals surface area contributed by atoms with Crippen LogP contribution in [0.25, 0.3) is 0 Å². The van der Waals surface area contributed by atoms with E-state index in [0.29, 0.717) is 12.3 Å². The summed E-state index contributed by atoms with van der Waals surface area (Å²) in [6.07, 6.45) is 3.73. The number of nitrogens with zero attached hydrogens (tertiary/aromatic N) is 1. The number of nitrogens with two attached hydrogens (primary N) is 1. The van der Waals surface area contributed by atoms with Crippen molar-refractivity contribution in [3.63, 3.8) is 0 Å². The van der Waals surface area contributed by atoms with Crippen molar-refractivity contribution in [2.75, 3.05) is 13.1 Å². The molecule has 0 aromatic carbocycles. The van der Waals surface area contributed by atoms with Crippen molar-refractivity contribution in [3.05, 3.63) is 20.8 Å². The minimum absolute atomic E-state index is 0.313. The van der Waals surface area contributed by atoms with Gasteiger partial charge in [-0.2, -0.15) is 0 Å². The van der Waals surface area contributed by atoms with E-state index in [4.69, 9.17) is 10.9 Å². The molecule has 0 amide bonds. The van der Waals surface area contributed by atoms with Gasteiger partial charge in [-0.15, -0.1) is 11.3 Å². The third-order valence-corrected chi connectivity index (χ3v) is 4.03. The molecular weight excluding hydrogens is 302 g/mol. The zero-order chi connectivity index (χ0) is 12.5. The van der Waals surface area contributed by atoms with E-state index in [1.54, 1.807) is 11.3 Å². The molecule has 0 saturated carbocycles. The number of nitrogens with one attached hydrogen (secondary N) is 1. The van der Waals surface area contributed by atoms with E-state index >= 15 is 0 Å². The van der Waals surface area contributed by atoms with E-state index < -0.39 is 0 Å². The molecule has 0 unspecified atom stereocenters. The minimum atomic E-state index is 0.313. The quantitative estimate of drug-likeness (QED) is 0.227. The molecule has 4 N–H and O–H groups in total. The summed E-state index contributed by atoms with van der Waals surface area (Å²) in [5, 5.41) is 14.7. The molecule has 96 valence electrons. The van der Waals surface area contributed by atoms with E-state index in [-0.39, 0.29) is 0 Å². The summed E-state index contributed by atoms with van der Waals surface area (Å²) in [5.41, 5.74) is 5.37. The van der Waals surface area contributed by atoms with Gasteiger partial charge in [-0.05, 0) is 60.4 Å². The lowest BCUT2D eigenvalue weighted by Gasteiger charge is -2.03. The van der Waals surface area contributed by atoms with Crippen molar-refractivity contribution in [2.45, 2.75) is 25.7 Å². The maximum Gasteiger partial charge on any atom is 0.139 e. The van der Waals surface area contributed by atoms with Crippen molar-refractivity contribution in [3.8, 4) is 0 Å². The second-order valence-corrected chi connectivity index (χ2v) is 6.30. The van der Waals surface area contributed by atoms with Gasteiger partial charge in [-0.1, -0.05) is 5.16 Å². The average molecular weight is 320 g/mol. The van der Waals surface area contributed by atoms with E-state index in [0.717, 1.165) is 32.4 Å². The summed E-state index contributed by atoms with van der Waals surface area (Å²) in [5.74, 6) is 0.313. The summed E-state index contributed by atoms with van der Waals surface area (Å²) in [4.78, 5) is 1.39. The second kappa shape index (κ2) is 8.49. The van der Waals surface area contributed by atoms with Gasteiger partial charge in [0.05, 0.1) is 3.79 Å². The van der Waals surface area contributed by atoms with Crippen LogP contribution in [0.5, 0.6) is 0 Å². The van der Waals surface area contributed by atoms with Gasteiger partial charge >= 0.3 is 0 Å². The smallest absolute Gasteiger partial charge is 0.139 e. The normalized spacial score (nSPS) is 11.9. The fraction of sp³-hybridized carbons (Fsp3) is 0.545. The van der Waals surface area contributed by atoms with Crippen LogP contribution >= 0.6 is 27.3 Å². The van der Waals surface area contributed by atoms with Crippen LogP contribution in [-0.2, 0) is 6.42 Å². The van der Waals surface area contributed by atoms with E-state index in [9.17, 15) is 0 Å². The molecule has 0 aliphatic carbocycles. The Hall–Kier alpha value is -0.590. The molecule has 0 atom stereocenters. The first-order valence-electron chi connectivity index (χ1n) is 5.63. The standard InChI is InChI=1S/C11H18BrN3OS/c12-10-5-4-9(17-10)6-8-14-7-2-1-3-11(13)15-16/h4-5,14,16H,1-3,6-8H2,(H2,13,15). The molecule has 6 heteroatoms. The van der Waals surface area contributed by atoms with Gasteiger partial charge in [-0.25, -0.2) is 0 Å². The predicted molar refractivity (Wildman–Crippen MR) is 75.9 cm³/mol. The second-order valence-electron chi connectivity index (χ2n) is 3.75. The van der Waals surface area contributed by atoms with Gasteiger partial charge in [0.25, 0.3) is 0 Å². The Morgan fingerprint density at radius 3 is 2.88 bits per heavy atom. The molecule has 0 bridgehead atoms. The van der Waals surface area contributed by atoms with Crippen LogP contribution < -0.4 is 11.1 Å². The predicted octanol–water partition coefficient (Wildman–Crippen LogP) is 2.56. The molecule has 0 spiro atoms. The van der Waals surface area contributed by atoms with Gasteiger partial charge < -0.3 is 16.3 Å². The number of halogens is 1. The molecule has 1 heterocycles. The lowest BCUT2D eigenvalue weighted by Crippen LogP contribution is -2.19. The molecule has 17 heavy (non-hydrogen) atoms. The van der Waals surface area contributed by atoms with Crippen LogP contribution in [0.3, 0.4) is 0 Å². The molecule has 1 aromatic rings. The number of thiophene rings is 1. The Morgan fingerprint density at radius 1 is 1.41 bits per heavy atom. The van der Waals surface area contributed by atoms with Gasteiger partial charge in [0.2, 0.25) is 0 Å². The summed E-state index contributed by atoms with van der Waals surface area (Å²) in [6, 6.07) is 4.23. The Kier molecular flexibility index (Phi) is 7.23. The molecule has 1 rings (SSSR count). The molecule has 4 nitrogen and oxygen atoms in total. The summed E-state index contributed by atoms with van der Waals surface area (Å²) >= 11 is 5.23. The molecule has 0 aliphatic heterocycles. The Labute approximate surface area is 114 Å². The van der Waals surface area contributed by atoms with Gasteiger partial charge in [0.1, 0.15) is 5.84 Å². The average Bonchev–Trinajstić information content (AvgIpc) is 2.73. The Bertz CT molecular complexity index is 354. The topological polar surface area (TPSA) is 70.6 Å². The Balaban J connectivity index is 1.94. The lowest BCUT2D eigenvalue weighted by atomic mass is 10.2. The van der Waals surface area contributed by atoms with Crippen molar-refractivity contribution in [2.24, 2.45) is 10.9 Å². The number of oxime groups is 1. The highest BCUT2D eigenvalue weighted by molar-refractivity contribution is 9.11. The SMILES string of the molecule is N/C(CCCCNCCc1ccc(Br)s1)=N/O. The van der Waals surface area contributed by atoms with Crippen LogP contribution in [-0.4, -0.2) is 24.1 Å². The van der Waals surface area contributed by atoms with Gasteiger partial charge in [0.15, 0.2) is 0 Å². The monoisotopic (exact) mass is 319 g/mol. The van der Waals surface area contributed by atoms with Crippen LogP contribution in [0.4, 0.5) is 0 Å². The highest BCUT2D eigenvalue weighted by Crippen LogP contribution is 2.21. The molecule has 0 radical (unpaired) electrons. The van der Waals surface area contributed by atoms with E-state index in [1.807, 2.05) is 0 Å². The van der Waals surface area contributed by atoms with E-state index in [2.05, 4.69) is 38.5 Å². The third-order valence-electron chi connectivity index (χ3n) is 2.34. The van der Waals surface area contributed by atoms with Gasteiger partial charge in [0, 0.05) is 11.3 Å². The first-order chi connectivity index (χ1) is 8.22. The number of unbranched alkanes of at least 4 members (excludes halogenated alkanes) is 1. The minimum Gasteiger partial charge on any atom is -0.409 e. The van der Waals surface area contributed by atoms with Crippen molar-refractivity contribution < 1.29 is 5.21 Å². The number of hydrogen-bond donors (Lipinski definition) is 3. The van der Waals surface area contributed by atoms with Crippen LogP contribution in [0, 0.1) is 0 Å². The third kappa shape index (κ3) is 6.65. The van der Waals surface area contributed by atoms with Crippen LogP contribution in [0.15, 0.2) is 21.1 Å². The van der Waals surface area contributed by atoms with Crippen molar-refractivity contribution in [1.29, 1.82) is 0 Å². The molecule has 1 aromatic heterocycles. The molecule has 0 fully saturated rings. The van der Waals surface area contributed by atoms with Crippen LogP contribution in [0.1, 0.15) is 24.1 Å². The number of amidine groups is 1. The van der Waals surface area contributed by atoms with Crippen molar-refractivity contribution >= 4 is 33.1 Å². The number of hydrogen-bond acceptors (Lipinski definition) is 4. The molecule has 0 saturated heterocycles. The fourth-order valence-electron chi connectivity index (χ4n) is 1.43. The zero-order valence-electron chi connectivity index (χ0n) is 9.66. The molecule has 0 aliphatic rings. The van der Waals surface area contributed by atoms with Gasteiger partial charge in [-0.3, -0.25) is 0 Å². The Morgan fingerprint density at radius 2 is 2.24 bits per heavy atom. The number of rotatable bonds is 8. The highest BCUT2D eigenvalue weighted by Gasteiger charge is 1.97. The summed E-state index contributed by atoms with van der Waals surface area (Å²) in [6.45, 7) is 1.97. The summed E-state index contributed by atoms with van der Waals surface area (Å²) < 4.78 is 1.19. The maximum atomic E-state index is 8.35. The molecular formula is C11H18BrN3OS. The van der Waals surface area contributed by atoms with Crippen LogP contribution in [0.2, 0.25) is 0 Å². The van der Waals surface area contributed by atoms with Crippen molar-refractivity contribution in [1.82, 2.24) is 5.32 Å².